The Balaban J connectivity index is 1.95. The summed E-state index contributed by atoms with van der Waals surface area (Å²) in [5, 5.41) is 11.0. The number of ketones is 1. The molecule has 1 amide bonds. The van der Waals surface area contributed by atoms with Crippen LogP contribution >= 0.6 is 0 Å². The van der Waals surface area contributed by atoms with Gasteiger partial charge in [0, 0.05) is 17.3 Å². The largest absolute Gasteiger partial charge is 0.507 e. The van der Waals surface area contributed by atoms with E-state index in [0.29, 0.717) is 11.3 Å². The van der Waals surface area contributed by atoms with E-state index in [9.17, 15) is 27.9 Å². The number of aliphatic hydroxyl groups is 1. The average Bonchev–Trinajstić information content (AvgIpc) is 3.06. The highest BCUT2D eigenvalue weighted by atomic mass is 19.2. The highest BCUT2D eigenvalue weighted by Crippen LogP contribution is 2.42. The molecule has 1 fully saturated rings. The van der Waals surface area contributed by atoms with Crippen molar-refractivity contribution in [1.29, 1.82) is 0 Å². The third-order valence-corrected chi connectivity index (χ3v) is 5.15. The number of anilines is 1. The molecule has 4 rings (SSSR count). The second-order valence-electron chi connectivity index (χ2n) is 7.05. The van der Waals surface area contributed by atoms with Crippen LogP contribution in [0.2, 0.25) is 0 Å². The minimum absolute atomic E-state index is 0.0926. The second-order valence-corrected chi connectivity index (χ2v) is 7.05. The van der Waals surface area contributed by atoms with E-state index in [2.05, 4.69) is 0 Å². The molecule has 1 unspecified atom stereocenters. The van der Waals surface area contributed by atoms with Gasteiger partial charge in [-0.05, 0) is 42.0 Å². The number of aliphatic hydroxyl groups excluding tert-OH is 1. The van der Waals surface area contributed by atoms with E-state index in [1.165, 1.54) is 31.4 Å². The van der Waals surface area contributed by atoms with Crippen LogP contribution in [0.1, 0.15) is 17.2 Å². The van der Waals surface area contributed by atoms with E-state index < -0.39 is 40.9 Å². The van der Waals surface area contributed by atoms with E-state index in [1.807, 2.05) is 0 Å². The molecular weight excluding hydrogens is 423 g/mol. The number of hydrogen-bond donors (Lipinski definition) is 1. The second kappa shape index (κ2) is 8.22. The number of carbonyl (C=O) groups excluding carboxylic acids is 2. The van der Waals surface area contributed by atoms with Crippen molar-refractivity contribution in [3.63, 3.8) is 0 Å². The topological polar surface area (TPSA) is 66.8 Å². The summed E-state index contributed by atoms with van der Waals surface area (Å²) < 4.78 is 46.1. The van der Waals surface area contributed by atoms with Gasteiger partial charge in [-0.3, -0.25) is 14.5 Å². The van der Waals surface area contributed by atoms with Crippen LogP contribution in [0.3, 0.4) is 0 Å². The van der Waals surface area contributed by atoms with Crippen molar-refractivity contribution >= 4 is 23.1 Å². The fourth-order valence-electron chi connectivity index (χ4n) is 3.62. The van der Waals surface area contributed by atoms with Crippen molar-refractivity contribution < 1.29 is 32.6 Å². The molecule has 1 saturated heterocycles. The number of carbonyl (C=O) groups is 2. The number of amides is 1. The van der Waals surface area contributed by atoms with Crippen molar-refractivity contribution in [1.82, 2.24) is 0 Å². The quantitative estimate of drug-likeness (QED) is 0.362. The highest BCUT2D eigenvalue weighted by molar-refractivity contribution is 6.51. The van der Waals surface area contributed by atoms with Crippen LogP contribution in [0.15, 0.2) is 72.3 Å². The lowest BCUT2D eigenvalue weighted by atomic mass is 9.95. The van der Waals surface area contributed by atoms with Crippen LogP contribution in [-0.4, -0.2) is 23.9 Å². The van der Waals surface area contributed by atoms with E-state index in [0.717, 1.165) is 35.2 Å². The number of ether oxygens (including phenoxy) is 1. The van der Waals surface area contributed by atoms with Gasteiger partial charge in [0.1, 0.15) is 17.3 Å². The van der Waals surface area contributed by atoms with E-state index >= 15 is 0 Å². The van der Waals surface area contributed by atoms with Gasteiger partial charge in [-0.1, -0.05) is 24.3 Å². The van der Waals surface area contributed by atoms with Crippen LogP contribution in [0.4, 0.5) is 18.9 Å². The minimum atomic E-state index is -1.21. The van der Waals surface area contributed by atoms with Gasteiger partial charge in [0.25, 0.3) is 11.7 Å². The van der Waals surface area contributed by atoms with Crippen molar-refractivity contribution in [2.45, 2.75) is 6.04 Å². The summed E-state index contributed by atoms with van der Waals surface area (Å²) in [5.41, 5.74) is 0.129. The van der Waals surface area contributed by atoms with Crippen molar-refractivity contribution in [2.75, 3.05) is 12.0 Å². The molecule has 1 heterocycles. The van der Waals surface area contributed by atoms with Crippen molar-refractivity contribution in [3.05, 3.63) is 101 Å². The van der Waals surface area contributed by atoms with Gasteiger partial charge in [-0.25, -0.2) is 13.2 Å². The number of halogens is 3. The molecule has 5 nitrogen and oxygen atoms in total. The first kappa shape index (κ1) is 21.2. The SMILES string of the molecule is COc1cccc(/C(O)=C2\C(=O)C(=O)N(c3ccc(F)c(F)c3)C2c2ccc(F)cc2)c1. The minimum Gasteiger partial charge on any atom is -0.507 e. The maximum Gasteiger partial charge on any atom is 0.300 e. The fraction of sp³-hybridized carbons (Fsp3) is 0.0833. The molecule has 1 N–H and O–H groups in total. The third-order valence-electron chi connectivity index (χ3n) is 5.15. The Hall–Kier alpha value is -4.07. The Kier molecular flexibility index (Phi) is 5.44. The predicted molar refractivity (Wildman–Crippen MR) is 111 cm³/mol. The molecule has 8 heteroatoms. The maximum atomic E-state index is 13.9. The molecule has 3 aromatic rings. The normalized spacial score (nSPS) is 17.6. The summed E-state index contributed by atoms with van der Waals surface area (Å²) in [7, 11) is 1.43. The van der Waals surface area contributed by atoms with E-state index in [4.69, 9.17) is 4.74 Å². The molecule has 1 aliphatic rings. The average molecular weight is 439 g/mol. The molecule has 0 bridgehead atoms. The zero-order chi connectivity index (χ0) is 23.0. The number of benzene rings is 3. The lowest BCUT2D eigenvalue weighted by Crippen LogP contribution is -2.29. The van der Waals surface area contributed by atoms with Gasteiger partial charge in [-0.2, -0.15) is 0 Å². The first-order chi connectivity index (χ1) is 15.3. The summed E-state index contributed by atoms with van der Waals surface area (Å²) in [4.78, 5) is 26.9. The van der Waals surface area contributed by atoms with Crippen molar-refractivity contribution in [2.24, 2.45) is 0 Å². The van der Waals surface area contributed by atoms with Gasteiger partial charge in [0.15, 0.2) is 11.6 Å². The van der Waals surface area contributed by atoms with E-state index in [-0.39, 0.29) is 16.8 Å². The van der Waals surface area contributed by atoms with Crippen LogP contribution < -0.4 is 9.64 Å². The van der Waals surface area contributed by atoms with Crippen LogP contribution in [0.25, 0.3) is 5.76 Å². The predicted octanol–water partition coefficient (Wildman–Crippen LogP) is 4.74. The molecule has 0 aromatic heterocycles. The monoisotopic (exact) mass is 439 g/mol. The van der Waals surface area contributed by atoms with Gasteiger partial charge in [0.2, 0.25) is 0 Å². The molecule has 32 heavy (non-hydrogen) atoms. The molecular formula is C24H16F3NO4. The Labute approximate surface area is 181 Å². The standard InChI is InChI=1S/C24H16F3NO4/c1-32-17-4-2-3-14(11-17)22(29)20-21(13-5-7-15(25)8-6-13)28(24(31)23(20)30)16-9-10-18(26)19(27)12-16/h2-12,21,29H,1H3/b22-20+. The van der Waals surface area contributed by atoms with Crippen LogP contribution in [-0.2, 0) is 9.59 Å². The summed E-state index contributed by atoms with van der Waals surface area (Å²) >= 11 is 0. The molecule has 162 valence electrons. The molecule has 0 aliphatic carbocycles. The van der Waals surface area contributed by atoms with Gasteiger partial charge in [-0.15, -0.1) is 0 Å². The first-order valence-corrected chi connectivity index (χ1v) is 9.47. The Bertz CT molecular complexity index is 1250. The molecule has 1 aliphatic heterocycles. The third kappa shape index (κ3) is 3.60. The molecule has 0 spiro atoms. The number of nitrogens with zero attached hydrogens (tertiary/aromatic N) is 1. The van der Waals surface area contributed by atoms with Gasteiger partial charge >= 0.3 is 0 Å². The summed E-state index contributed by atoms with van der Waals surface area (Å²) in [5.74, 6) is -5.04. The number of hydrogen-bond acceptors (Lipinski definition) is 4. The lowest BCUT2D eigenvalue weighted by Gasteiger charge is -2.25. The Morgan fingerprint density at radius 2 is 1.66 bits per heavy atom. The molecule has 3 aromatic carbocycles. The first-order valence-electron chi connectivity index (χ1n) is 9.47. The highest BCUT2D eigenvalue weighted by Gasteiger charge is 2.47. The fourth-order valence-corrected chi connectivity index (χ4v) is 3.62. The summed E-state index contributed by atoms with van der Waals surface area (Å²) in [6.07, 6.45) is 0. The Morgan fingerprint density at radius 3 is 2.31 bits per heavy atom. The Morgan fingerprint density at radius 1 is 0.938 bits per heavy atom. The van der Waals surface area contributed by atoms with Crippen LogP contribution in [0, 0.1) is 17.5 Å². The zero-order valence-corrected chi connectivity index (χ0v) is 16.7. The van der Waals surface area contributed by atoms with Crippen molar-refractivity contribution in [3.8, 4) is 5.75 Å². The van der Waals surface area contributed by atoms with Crippen LogP contribution in [0.5, 0.6) is 5.75 Å². The molecule has 0 radical (unpaired) electrons. The van der Waals surface area contributed by atoms with Gasteiger partial charge in [0.05, 0.1) is 18.7 Å². The number of Topliss-reactive ketones (excluding diaryl/α,β-unsaturated/α-hetero) is 1. The smallest absolute Gasteiger partial charge is 0.300 e. The molecule has 1 atom stereocenters. The number of rotatable bonds is 4. The summed E-state index contributed by atoms with van der Waals surface area (Å²) in [6, 6.07) is 12.7. The summed E-state index contributed by atoms with van der Waals surface area (Å²) in [6.45, 7) is 0. The molecule has 0 saturated carbocycles. The lowest BCUT2D eigenvalue weighted by molar-refractivity contribution is -0.132. The van der Waals surface area contributed by atoms with Gasteiger partial charge < -0.3 is 9.84 Å². The van der Waals surface area contributed by atoms with E-state index in [1.54, 1.807) is 12.1 Å². The zero-order valence-electron chi connectivity index (χ0n) is 16.7. The number of methoxy groups -OCH3 is 1. The maximum absolute atomic E-state index is 13.9.